The van der Waals surface area contributed by atoms with Crippen molar-refractivity contribution < 1.29 is 5.11 Å². The van der Waals surface area contributed by atoms with Crippen LogP contribution in [0.1, 0.15) is 47.0 Å². The van der Waals surface area contributed by atoms with Crippen LogP contribution in [-0.2, 0) is 0 Å². The summed E-state index contributed by atoms with van der Waals surface area (Å²) in [6.07, 6.45) is 3.99. The number of hydrogen-bond donors (Lipinski definition) is 2. The summed E-state index contributed by atoms with van der Waals surface area (Å²) in [6.45, 7) is 13.5. The Hall–Kier alpha value is -0.120. The smallest absolute Gasteiger partial charge is 0.0558 e. The summed E-state index contributed by atoms with van der Waals surface area (Å²) in [4.78, 5) is 2.39. The van der Waals surface area contributed by atoms with E-state index in [-0.39, 0.29) is 6.61 Å². The predicted octanol–water partition coefficient (Wildman–Crippen LogP) is 2.10. The summed E-state index contributed by atoms with van der Waals surface area (Å²) < 4.78 is 0. The van der Waals surface area contributed by atoms with E-state index in [1.807, 2.05) is 0 Å². The van der Waals surface area contributed by atoms with Crippen molar-refractivity contribution in [3.05, 3.63) is 0 Å². The highest BCUT2D eigenvalue weighted by Gasteiger charge is 2.38. The quantitative estimate of drug-likeness (QED) is 0.732. The van der Waals surface area contributed by atoms with Gasteiger partial charge in [0.05, 0.1) is 6.61 Å². The zero-order valence-corrected chi connectivity index (χ0v) is 12.7. The van der Waals surface area contributed by atoms with Crippen LogP contribution in [0.2, 0.25) is 0 Å². The largest absolute Gasteiger partial charge is 0.395 e. The third-order valence-electron chi connectivity index (χ3n) is 4.49. The normalized spacial score (nSPS) is 27.7. The molecule has 0 bridgehead atoms. The summed E-state index contributed by atoms with van der Waals surface area (Å²) in [5.41, 5.74) is 0.400. The van der Waals surface area contributed by atoms with Gasteiger partial charge in [0.15, 0.2) is 0 Å². The molecule has 18 heavy (non-hydrogen) atoms. The van der Waals surface area contributed by atoms with Gasteiger partial charge in [-0.2, -0.15) is 0 Å². The molecule has 0 heterocycles. The summed E-state index contributed by atoms with van der Waals surface area (Å²) in [5.74, 6) is 0.722. The van der Waals surface area contributed by atoms with Crippen LogP contribution in [0.4, 0.5) is 0 Å². The first kappa shape index (κ1) is 15.9. The van der Waals surface area contributed by atoms with Gasteiger partial charge in [0.25, 0.3) is 0 Å². The standard InChI is InChI=1S/C15H32N2O/c1-5-16-14-13(8-7-9-15(14,3)4)12-17(6-2)10-11-18/h13-14,16,18H,5-12H2,1-4H3. The number of rotatable bonds is 7. The van der Waals surface area contributed by atoms with Crippen molar-refractivity contribution in [2.24, 2.45) is 11.3 Å². The van der Waals surface area contributed by atoms with E-state index in [9.17, 15) is 0 Å². The van der Waals surface area contributed by atoms with Crippen molar-refractivity contribution in [1.82, 2.24) is 10.2 Å². The van der Waals surface area contributed by atoms with Gasteiger partial charge < -0.3 is 15.3 Å². The molecular weight excluding hydrogens is 224 g/mol. The lowest BCUT2D eigenvalue weighted by Crippen LogP contribution is -2.53. The van der Waals surface area contributed by atoms with E-state index in [0.29, 0.717) is 11.5 Å². The molecule has 0 radical (unpaired) electrons. The molecule has 1 aliphatic rings. The Morgan fingerprint density at radius 3 is 2.61 bits per heavy atom. The highest BCUT2D eigenvalue weighted by molar-refractivity contribution is 4.94. The average Bonchev–Trinajstić information content (AvgIpc) is 2.32. The van der Waals surface area contributed by atoms with Crippen molar-refractivity contribution in [3.63, 3.8) is 0 Å². The molecule has 0 aliphatic heterocycles. The predicted molar refractivity (Wildman–Crippen MR) is 77.8 cm³/mol. The number of nitrogens with zero attached hydrogens (tertiary/aromatic N) is 1. The molecule has 1 saturated carbocycles. The molecule has 0 amide bonds. The molecule has 2 atom stereocenters. The van der Waals surface area contributed by atoms with Crippen molar-refractivity contribution in [3.8, 4) is 0 Å². The van der Waals surface area contributed by atoms with Crippen LogP contribution in [-0.4, -0.2) is 48.8 Å². The monoisotopic (exact) mass is 256 g/mol. The van der Waals surface area contributed by atoms with E-state index >= 15 is 0 Å². The number of aliphatic hydroxyl groups excluding tert-OH is 1. The van der Waals surface area contributed by atoms with Gasteiger partial charge in [0.1, 0.15) is 0 Å². The maximum absolute atomic E-state index is 9.11. The lowest BCUT2D eigenvalue weighted by atomic mass is 9.67. The topological polar surface area (TPSA) is 35.5 Å². The lowest BCUT2D eigenvalue weighted by Gasteiger charge is -2.46. The van der Waals surface area contributed by atoms with Crippen molar-refractivity contribution in [1.29, 1.82) is 0 Å². The second kappa shape index (κ2) is 7.46. The summed E-state index contributed by atoms with van der Waals surface area (Å²) >= 11 is 0. The summed E-state index contributed by atoms with van der Waals surface area (Å²) in [6, 6.07) is 0.615. The Kier molecular flexibility index (Phi) is 6.61. The molecule has 2 unspecified atom stereocenters. The van der Waals surface area contributed by atoms with E-state index in [2.05, 4.69) is 37.9 Å². The molecule has 3 nitrogen and oxygen atoms in total. The molecule has 3 heteroatoms. The van der Waals surface area contributed by atoms with Crippen LogP contribution < -0.4 is 5.32 Å². The van der Waals surface area contributed by atoms with E-state index < -0.39 is 0 Å². The Bertz CT molecular complexity index is 231. The number of likely N-dealkylation sites (N-methyl/N-ethyl adjacent to an activating group) is 1. The zero-order valence-electron chi connectivity index (χ0n) is 12.7. The summed E-state index contributed by atoms with van der Waals surface area (Å²) in [5, 5.41) is 12.8. The van der Waals surface area contributed by atoms with E-state index in [4.69, 9.17) is 5.11 Å². The van der Waals surface area contributed by atoms with E-state index in [1.54, 1.807) is 0 Å². The van der Waals surface area contributed by atoms with Crippen LogP contribution in [0.15, 0.2) is 0 Å². The van der Waals surface area contributed by atoms with Crippen LogP contribution in [0.3, 0.4) is 0 Å². The van der Waals surface area contributed by atoms with Gasteiger partial charge in [0, 0.05) is 19.1 Å². The zero-order chi connectivity index (χ0) is 13.6. The third-order valence-corrected chi connectivity index (χ3v) is 4.49. The van der Waals surface area contributed by atoms with Crippen molar-refractivity contribution in [2.75, 3.05) is 32.8 Å². The Morgan fingerprint density at radius 1 is 1.33 bits per heavy atom. The van der Waals surface area contributed by atoms with Gasteiger partial charge in [-0.25, -0.2) is 0 Å². The fraction of sp³-hybridized carbons (Fsp3) is 1.00. The average molecular weight is 256 g/mol. The second-order valence-corrected chi connectivity index (χ2v) is 6.29. The van der Waals surface area contributed by atoms with E-state index in [1.165, 1.54) is 19.3 Å². The van der Waals surface area contributed by atoms with Gasteiger partial charge >= 0.3 is 0 Å². The first-order chi connectivity index (χ1) is 8.55. The number of nitrogens with one attached hydrogen (secondary N) is 1. The first-order valence-corrected chi connectivity index (χ1v) is 7.61. The van der Waals surface area contributed by atoms with Crippen molar-refractivity contribution >= 4 is 0 Å². The maximum Gasteiger partial charge on any atom is 0.0558 e. The minimum atomic E-state index is 0.274. The molecule has 2 N–H and O–H groups in total. The molecule has 0 aromatic carbocycles. The molecule has 1 aliphatic carbocycles. The Balaban J connectivity index is 2.65. The summed E-state index contributed by atoms with van der Waals surface area (Å²) in [7, 11) is 0. The molecule has 1 fully saturated rings. The number of hydrogen-bond acceptors (Lipinski definition) is 3. The van der Waals surface area contributed by atoms with Gasteiger partial charge in [-0.1, -0.05) is 34.1 Å². The fourth-order valence-electron chi connectivity index (χ4n) is 3.49. The van der Waals surface area contributed by atoms with Crippen LogP contribution >= 0.6 is 0 Å². The maximum atomic E-state index is 9.11. The minimum Gasteiger partial charge on any atom is -0.395 e. The van der Waals surface area contributed by atoms with Gasteiger partial charge in [0.2, 0.25) is 0 Å². The van der Waals surface area contributed by atoms with Crippen LogP contribution in [0, 0.1) is 11.3 Å². The van der Waals surface area contributed by atoms with Crippen molar-refractivity contribution in [2.45, 2.75) is 53.0 Å². The highest BCUT2D eigenvalue weighted by atomic mass is 16.3. The van der Waals surface area contributed by atoms with Gasteiger partial charge in [-0.05, 0) is 37.3 Å². The SMILES string of the molecule is CCNC1C(CN(CC)CCO)CCCC1(C)C. The van der Waals surface area contributed by atoms with Crippen LogP contribution in [0.25, 0.3) is 0 Å². The van der Waals surface area contributed by atoms with E-state index in [0.717, 1.165) is 32.1 Å². The van der Waals surface area contributed by atoms with Gasteiger partial charge in [-0.15, -0.1) is 0 Å². The third kappa shape index (κ3) is 4.22. The Morgan fingerprint density at radius 2 is 2.06 bits per heavy atom. The highest BCUT2D eigenvalue weighted by Crippen LogP contribution is 2.39. The first-order valence-electron chi connectivity index (χ1n) is 7.61. The molecule has 0 spiro atoms. The minimum absolute atomic E-state index is 0.274. The lowest BCUT2D eigenvalue weighted by molar-refractivity contribution is 0.0754. The molecule has 108 valence electrons. The molecule has 0 aromatic rings. The van der Waals surface area contributed by atoms with Gasteiger partial charge in [-0.3, -0.25) is 0 Å². The molecule has 0 saturated heterocycles. The fourth-order valence-corrected chi connectivity index (χ4v) is 3.49. The molecule has 1 rings (SSSR count). The Labute approximate surface area is 113 Å². The number of aliphatic hydroxyl groups is 1. The molecular formula is C15H32N2O. The molecule has 0 aromatic heterocycles. The second-order valence-electron chi connectivity index (χ2n) is 6.29. The van der Waals surface area contributed by atoms with Crippen LogP contribution in [0.5, 0.6) is 0 Å².